The number of hydrogen-bond donors (Lipinski definition) is 2. The number of nitrogens with zero attached hydrogens (tertiary/aromatic N) is 2. The van der Waals surface area contributed by atoms with Crippen LogP contribution in [-0.4, -0.2) is 60.7 Å². The van der Waals surface area contributed by atoms with E-state index in [1.54, 1.807) is 0 Å². The number of nitro benzene ring substituents is 1. The van der Waals surface area contributed by atoms with E-state index in [-0.39, 0.29) is 29.4 Å². The maximum absolute atomic E-state index is 14.3. The van der Waals surface area contributed by atoms with E-state index >= 15 is 0 Å². The first-order chi connectivity index (χ1) is 10.9. The van der Waals surface area contributed by atoms with Crippen LogP contribution in [0.3, 0.4) is 0 Å². The fourth-order valence-corrected chi connectivity index (χ4v) is 2.77. The van der Waals surface area contributed by atoms with Gasteiger partial charge in [0.25, 0.3) is 5.92 Å². The highest BCUT2D eigenvalue weighted by Gasteiger charge is 2.44. The first-order valence-electron chi connectivity index (χ1n) is 7.16. The number of benzene rings is 1. The molecule has 0 spiro atoms. The van der Waals surface area contributed by atoms with Crippen LogP contribution in [0.4, 0.5) is 14.5 Å². The summed E-state index contributed by atoms with van der Waals surface area (Å²) in [7, 11) is 1.28. The zero-order valence-electron chi connectivity index (χ0n) is 13.1. The Morgan fingerprint density at radius 2 is 2.08 bits per heavy atom. The molecule has 1 aromatic carbocycles. The highest BCUT2D eigenvalue weighted by atomic mass is 35.5. The van der Waals surface area contributed by atoms with Crippen molar-refractivity contribution in [2.24, 2.45) is 0 Å². The Morgan fingerprint density at radius 3 is 2.58 bits per heavy atom. The summed E-state index contributed by atoms with van der Waals surface area (Å²) in [6.45, 7) is 0.466. The molecule has 1 aliphatic rings. The van der Waals surface area contributed by atoms with Crippen molar-refractivity contribution in [3.63, 3.8) is 0 Å². The van der Waals surface area contributed by atoms with Gasteiger partial charge < -0.3 is 15.2 Å². The second kappa shape index (κ2) is 8.52. The third-order valence-corrected chi connectivity index (χ3v) is 3.84. The fraction of sp³-hybridized carbons (Fsp3) is 0.571. The molecule has 136 valence electrons. The number of halogens is 3. The summed E-state index contributed by atoms with van der Waals surface area (Å²) in [5.74, 6) is -3.41. The molecule has 1 aliphatic heterocycles. The summed E-state index contributed by atoms with van der Waals surface area (Å²) in [6.07, 6.45) is 0. The molecule has 1 aromatic rings. The summed E-state index contributed by atoms with van der Waals surface area (Å²) in [5.41, 5.74) is -0.294. The van der Waals surface area contributed by atoms with Crippen LogP contribution in [0.2, 0.25) is 0 Å². The van der Waals surface area contributed by atoms with E-state index in [2.05, 4.69) is 5.32 Å². The molecule has 1 saturated heterocycles. The zero-order valence-corrected chi connectivity index (χ0v) is 13.9. The van der Waals surface area contributed by atoms with E-state index < -0.39 is 23.5 Å². The molecule has 2 N–H and O–H groups in total. The Bertz CT molecular complexity index is 571. The van der Waals surface area contributed by atoms with Crippen molar-refractivity contribution < 1.29 is 23.5 Å². The average Bonchev–Trinajstić information content (AvgIpc) is 2.55. The third kappa shape index (κ3) is 4.29. The van der Waals surface area contributed by atoms with Crippen molar-refractivity contribution >= 4 is 18.1 Å². The van der Waals surface area contributed by atoms with Gasteiger partial charge in [0.2, 0.25) is 0 Å². The van der Waals surface area contributed by atoms with Crippen molar-refractivity contribution in [3.8, 4) is 5.75 Å². The topological polar surface area (TPSA) is 87.9 Å². The van der Waals surface area contributed by atoms with Crippen LogP contribution < -0.4 is 10.1 Å². The second-order valence-electron chi connectivity index (χ2n) is 5.30. The normalized spacial score (nSPS) is 17.0. The molecular weight excluding hydrogens is 348 g/mol. The van der Waals surface area contributed by atoms with Crippen molar-refractivity contribution in [2.45, 2.75) is 12.0 Å². The summed E-state index contributed by atoms with van der Waals surface area (Å²) in [6, 6.07) is 2.34. The first-order valence-corrected chi connectivity index (χ1v) is 7.16. The number of ether oxygens (including phenoxy) is 1. The molecule has 0 bridgehead atoms. The lowest BCUT2D eigenvalue weighted by Crippen LogP contribution is -2.51. The minimum absolute atomic E-state index is 0. The Kier molecular flexibility index (Phi) is 7.27. The molecule has 1 heterocycles. The third-order valence-electron chi connectivity index (χ3n) is 3.84. The number of nitro groups is 1. The lowest BCUT2D eigenvalue weighted by Gasteiger charge is -2.38. The van der Waals surface area contributed by atoms with Gasteiger partial charge >= 0.3 is 5.69 Å². The van der Waals surface area contributed by atoms with Crippen molar-refractivity contribution in [3.05, 3.63) is 33.9 Å². The number of alkyl halides is 2. The smallest absolute Gasteiger partial charge is 0.311 e. The molecular formula is C14H20ClF2N3O4. The lowest BCUT2D eigenvalue weighted by molar-refractivity contribution is -0.385. The molecule has 0 radical (unpaired) electrons. The van der Waals surface area contributed by atoms with Crippen LogP contribution in [0.15, 0.2) is 18.2 Å². The minimum Gasteiger partial charge on any atom is -0.490 e. The summed E-state index contributed by atoms with van der Waals surface area (Å²) in [4.78, 5) is 12.0. The molecule has 0 aromatic heterocycles. The molecule has 0 amide bonds. The standard InChI is InChI=1S/C14H19F2N3O4.ClH/c1-23-12-3-2-10(8-11(12)19(21)22)13(14(15,16)9-20)18-6-4-17-5-7-18;/h2-3,8,13,17,20H,4-7,9H2,1H3;1H/t13-;/m0./s1. The lowest BCUT2D eigenvalue weighted by atomic mass is 9.97. The molecule has 0 aliphatic carbocycles. The SMILES string of the molecule is COc1ccc([C@H](N2CCNCC2)C(F)(F)CO)cc1[N+](=O)[O-].Cl. The largest absolute Gasteiger partial charge is 0.490 e. The van der Waals surface area contributed by atoms with Gasteiger partial charge in [-0.1, -0.05) is 6.07 Å². The number of nitrogens with one attached hydrogen (secondary N) is 1. The zero-order chi connectivity index (χ0) is 17.0. The van der Waals surface area contributed by atoms with Crippen LogP contribution in [-0.2, 0) is 0 Å². The predicted molar refractivity (Wildman–Crippen MR) is 86.1 cm³/mol. The van der Waals surface area contributed by atoms with Crippen molar-refractivity contribution in [2.75, 3.05) is 39.9 Å². The molecule has 24 heavy (non-hydrogen) atoms. The van der Waals surface area contributed by atoms with Crippen molar-refractivity contribution in [1.29, 1.82) is 0 Å². The van der Waals surface area contributed by atoms with Crippen LogP contribution in [0, 0.1) is 10.1 Å². The maximum Gasteiger partial charge on any atom is 0.311 e. The van der Waals surface area contributed by atoms with Gasteiger partial charge in [-0.05, 0) is 11.6 Å². The number of aliphatic hydroxyl groups excluding tert-OH is 1. The Morgan fingerprint density at radius 1 is 1.46 bits per heavy atom. The number of piperazine rings is 1. The molecule has 2 rings (SSSR count). The van der Waals surface area contributed by atoms with Gasteiger partial charge in [0, 0.05) is 32.2 Å². The van der Waals surface area contributed by atoms with E-state index in [0.717, 1.165) is 6.07 Å². The molecule has 7 nitrogen and oxygen atoms in total. The van der Waals surface area contributed by atoms with Crippen LogP contribution in [0.25, 0.3) is 0 Å². The summed E-state index contributed by atoms with van der Waals surface area (Å²) < 4.78 is 33.5. The highest BCUT2D eigenvalue weighted by Crippen LogP contribution is 2.39. The molecule has 0 saturated carbocycles. The Labute approximate surface area is 144 Å². The van der Waals surface area contributed by atoms with Crippen molar-refractivity contribution in [1.82, 2.24) is 10.2 Å². The number of aliphatic hydroxyl groups is 1. The quantitative estimate of drug-likeness (QED) is 0.586. The minimum atomic E-state index is -3.42. The Balaban J connectivity index is 0.00000288. The van der Waals surface area contributed by atoms with Gasteiger partial charge in [0.05, 0.1) is 12.0 Å². The number of hydrogen-bond acceptors (Lipinski definition) is 6. The van der Waals surface area contributed by atoms with E-state index in [0.29, 0.717) is 26.2 Å². The predicted octanol–water partition coefficient (Wildman–Crippen LogP) is 1.60. The average molecular weight is 368 g/mol. The van der Waals surface area contributed by atoms with Crippen LogP contribution in [0.1, 0.15) is 11.6 Å². The summed E-state index contributed by atoms with van der Waals surface area (Å²) >= 11 is 0. The van der Waals surface area contributed by atoms with E-state index in [1.165, 1.54) is 24.1 Å². The molecule has 0 unspecified atom stereocenters. The molecule has 10 heteroatoms. The van der Waals surface area contributed by atoms with E-state index in [9.17, 15) is 18.9 Å². The molecule has 1 fully saturated rings. The van der Waals surface area contributed by atoms with E-state index in [1.807, 2.05) is 0 Å². The van der Waals surface area contributed by atoms with Crippen LogP contribution in [0.5, 0.6) is 5.75 Å². The van der Waals surface area contributed by atoms with Gasteiger partial charge in [-0.3, -0.25) is 15.0 Å². The molecule has 1 atom stereocenters. The van der Waals surface area contributed by atoms with Gasteiger partial charge in [-0.2, -0.15) is 0 Å². The fourth-order valence-electron chi connectivity index (χ4n) is 2.77. The van der Waals surface area contributed by atoms with Gasteiger partial charge in [0.1, 0.15) is 12.6 Å². The number of methoxy groups -OCH3 is 1. The number of rotatable bonds is 6. The van der Waals surface area contributed by atoms with Gasteiger partial charge in [0.15, 0.2) is 5.75 Å². The first kappa shape index (κ1) is 20.5. The Hall–Kier alpha value is -1.55. The second-order valence-corrected chi connectivity index (χ2v) is 5.30. The van der Waals surface area contributed by atoms with Crippen LogP contribution >= 0.6 is 12.4 Å². The summed E-state index contributed by atoms with van der Waals surface area (Å²) in [5, 5.41) is 23.3. The van der Waals surface area contributed by atoms with Gasteiger partial charge in [-0.15, -0.1) is 12.4 Å². The maximum atomic E-state index is 14.3. The highest BCUT2D eigenvalue weighted by molar-refractivity contribution is 5.85. The van der Waals surface area contributed by atoms with Gasteiger partial charge in [-0.25, -0.2) is 8.78 Å². The van der Waals surface area contributed by atoms with E-state index in [4.69, 9.17) is 9.84 Å². The monoisotopic (exact) mass is 367 g/mol.